The first kappa shape index (κ1) is 39.0. The molecule has 0 bridgehead atoms. The van der Waals surface area contributed by atoms with E-state index >= 15 is 0 Å². The van der Waals surface area contributed by atoms with E-state index in [1.807, 2.05) is 71.6 Å². The summed E-state index contributed by atoms with van der Waals surface area (Å²) >= 11 is 12.1. The maximum atomic E-state index is 13.0. The Labute approximate surface area is 324 Å². The molecule has 53 heavy (non-hydrogen) atoms. The Balaban J connectivity index is 0.000000192. The zero-order valence-electron chi connectivity index (χ0n) is 30.6. The van der Waals surface area contributed by atoms with Gasteiger partial charge in [0.1, 0.15) is 0 Å². The van der Waals surface area contributed by atoms with Crippen molar-refractivity contribution in [3.63, 3.8) is 0 Å². The molecule has 12 heteroatoms. The van der Waals surface area contributed by atoms with E-state index in [0.29, 0.717) is 19.0 Å². The molecule has 4 heterocycles. The van der Waals surface area contributed by atoms with Gasteiger partial charge in [-0.1, -0.05) is 65.7 Å². The molecule has 3 aromatic carbocycles. The highest BCUT2D eigenvalue weighted by atomic mass is 35.5. The molecule has 4 amide bonds. The molecular weight excluding hydrogens is 709 g/mol. The summed E-state index contributed by atoms with van der Waals surface area (Å²) in [5.74, 6) is 0.857. The molecule has 2 N–H and O–H groups in total. The summed E-state index contributed by atoms with van der Waals surface area (Å²) in [4.78, 5) is 48.6. The lowest BCUT2D eigenvalue weighted by Crippen LogP contribution is -2.51. The number of nitrogens with one attached hydrogen (secondary N) is 2. The van der Waals surface area contributed by atoms with Crippen LogP contribution in [0.15, 0.2) is 78.9 Å². The number of carbonyl (C=O) groups is 3. The van der Waals surface area contributed by atoms with E-state index in [1.165, 1.54) is 11.1 Å². The number of rotatable bonds is 7. The molecule has 4 fully saturated rings. The van der Waals surface area contributed by atoms with E-state index in [1.54, 1.807) is 4.90 Å². The highest BCUT2D eigenvalue weighted by Crippen LogP contribution is 2.23. The van der Waals surface area contributed by atoms with Gasteiger partial charge in [-0.3, -0.25) is 19.4 Å². The molecule has 0 aliphatic carbocycles. The fraction of sp³-hybridized carbons (Fsp3) is 0.488. The highest BCUT2D eigenvalue weighted by Gasteiger charge is 2.32. The molecule has 0 spiro atoms. The fourth-order valence-electron chi connectivity index (χ4n) is 7.68. The second kappa shape index (κ2) is 19.6. The number of piperazine rings is 2. The van der Waals surface area contributed by atoms with Crippen LogP contribution >= 0.6 is 23.2 Å². The van der Waals surface area contributed by atoms with Gasteiger partial charge in [0.2, 0.25) is 11.8 Å². The van der Waals surface area contributed by atoms with Crippen LogP contribution in [0.2, 0.25) is 10.0 Å². The minimum atomic E-state index is -0.0910. The Morgan fingerprint density at radius 3 is 1.51 bits per heavy atom. The van der Waals surface area contributed by atoms with E-state index in [4.69, 9.17) is 23.2 Å². The normalized spacial score (nSPS) is 19.3. The maximum Gasteiger partial charge on any atom is 0.321 e. The van der Waals surface area contributed by atoms with Crippen LogP contribution in [0.1, 0.15) is 36.8 Å². The van der Waals surface area contributed by atoms with Crippen LogP contribution < -0.4 is 10.6 Å². The molecule has 4 aliphatic heterocycles. The number of amides is 4. The second-order valence-corrected chi connectivity index (χ2v) is 15.4. The minimum absolute atomic E-state index is 0.0141. The summed E-state index contributed by atoms with van der Waals surface area (Å²) in [5, 5.41) is 7.80. The number of carbonyl (C=O) groups excluding carboxylic acids is 3. The molecule has 4 saturated heterocycles. The van der Waals surface area contributed by atoms with Crippen molar-refractivity contribution >= 4 is 46.7 Å². The van der Waals surface area contributed by atoms with Gasteiger partial charge in [-0.25, -0.2) is 4.79 Å². The Morgan fingerprint density at radius 1 is 0.566 bits per heavy atom. The lowest BCUT2D eigenvalue weighted by atomic mass is 9.95. The van der Waals surface area contributed by atoms with Gasteiger partial charge in [-0.2, -0.15) is 0 Å². The van der Waals surface area contributed by atoms with Crippen molar-refractivity contribution < 1.29 is 14.4 Å². The maximum absolute atomic E-state index is 13.0. The van der Waals surface area contributed by atoms with Gasteiger partial charge in [0, 0.05) is 106 Å². The van der Waals surface area contributed by atoms with E-state index < -0.39 is 0 Å². The first-order valence-corrected chi connectivity index (χ1v) is 19.9. The van der Waals surface area contributed by atoms with Gasteiger partial charge >= 0.3 is 6.03 Å². The highest BCUT2D eigenvalue weighted by molar-refractivity contribution is 6.30. The smallest absolute Gasteiger partial charge is 0.321 e. The second-order valence-electron chi connectivity index (χ2n) is 14.5. The van der Waals surface area contributed by atoms with Crippen LogP contribution in [-0.4, -0.2) is 121 Å². The Hall–Kier alpha value is -3.67. The van der Waals surface area contributed by atoms with Crippen molar-refractivity contribution in [2.45, 2.75) is 38.8 Å². The van der Waals surface area contributed by atoms with Gasteiger partial charge in [-0.15, -0.1) is 0 Å². The topological polar surface area (TPSA) is 91.5 Å². The molecule has 284 valence electrons. The minimum Gasteiger partial charge on any atom is -0.340 e. The molecule has 0 aromatic heterocycles. The van der Waals surface area contributed by atoms with E-state index in [0.717, 1.165) is 120 Å². The van der Waals surface area contributed by atoms with Crippen molar-refractivity contribution in [1.29, 1.82) is 0 Å². The number of benzene rings is 3. The summed E-state index contributed by atoms with van der Waals surface area (Å²) < 4.78 is 0. The average Bonchev–Trinajstić information content (AvgIpc) is 3.19. The Morgan fingerprint density at radius 2 is 1.04 bits per heavy atom. The molecule has 0 atom stereocenters. The van der Waals surface area contributed by atoms with E-state index in [2.05, 4.69) is 37.5 Å². The van der Waals surface area contributed by atoms with E-state index in [9.17, 15) is 14.4 Å². The van der Waals surface area contributed by atoms with Crippen molar-refractivity contribution in [1.82, 2.24) is 29.8 Å². The summed E-state index contributed by atoms with van der Waals surface area (Å²) in [7, 11) is 0. The Bertz CT molecular complexity index is 1630. The number of nitrogens with zero attached hydrogens (tertiary/aromatic N) is 5. The third-order valence-corrected chi connectivity index (χ3v) is 11.3. The predicted molar refractivity (Wildman–Crippen MR) is 212 cm³/mol. The molecular formula is C41H53Cl2N7O3. The number of piperidine rings is 2. The zero-order chi connectivity index (χ0) is 37.0. The first-order chi connectivity index (χ1) is 25.8. The van der Waals surface area contributed by atoms with Crippen LogP contribution in [-0.2, 0) is 22.7 Å². The standard InChI is InChI=1S/C24H29ClN4O2.C17H24ClN3O/c25-21-6-4-5-19(17-21)18-27-13-15-28(16-14-27)23(30)20-9-11-29(12-10-20)24(31)26-22-7-2-1-3-8-22;18-16-3-1-2-14(12-16)13-20-8-10-21(11-9-20)17(22)15-4-6-19-7-5-15/h1-8,17,20H,9-16,18H2,(H,26,31);1-3,12,15,19H,4-11,13H2. The number of hydrogen-bond acceptors (Lipinski definition) is 6. The number of urea groups is 1. The third kappa shape index (κ3) is 11.7. The van der Waals surface area contributed by atoms with Crippen molar-refractivity contribution in [3.05, 3.63) is 100 Å². The lowest BCUT2D eigenvalue weighted by Gasteiger charge is -2.38. The summed E-state index contributed by atoms with van der Waals surface area (Å²) in [6, 6.07) is 25.4. The number of hydrogen-bond donors (Lipinski definition) is 2. The van der Waals surface area contributed by atoms with Gasteiger partial charge in [0.15, 0.2) is 0 Å². The van der Waals surface area contributed by atoms with Crippen LogP contribution in [0.25, 0.3) is 0 Å². The van der Waals surface area contributed by atoms with Crippen molar-refractivity contribution in [3.8, 4) is 0 Å². The van der Waals surface area contributed by atoms with Gasteiger partial charge < -0.3 is 25.3 Å². The lowest BCUT2D eigenvalue weighted by molar-refractivity contribution is -0.139. The van der Waals surface area contributed by atoms with Crippen molar-refractivity contribution in [2.24, 2.45) is 11.8 Å². The van der Waals surface area contributed by atoms with Gasteiger partial charge in [-0.05, 0) is 86.3 Å². The van der Waals surface area contributed by atoms with Crippen LogP contribution in [0, 0.1) is 11.8 Å². The summed E-state index contributed by atoms with van der Waals surface area (Å²) in [5.41, 5.74) is 3.24. The third-order valence-electron chi connectivity index (χ3n) is 10.8. The molecule has 4 aliphatic rings. The molecule has 0 radical (unpaired) electrons. The largest absolute Gasteiger partial charge is 0.340 e. The van der Waals surface area contributed by atoms with Crippen LogP contribution in [0.4, 0.5) is 10.5 Å². The summed E-state index contributed by atoms with van der Waals surface area (Å²) in [6.45, 7) is 11.8. The fourth-order valence-corrected chi connectivity index (χ4v) is 8.10. The average molecular weight is 763 g/mol. The summed E-state index contributed by atoms with van der Waals surface area (Å²) in [6.07, 6.45) is 3.43. The number of likely N-dealkylation sites (tertiary alicyclic amines) is 1. The number of para-hydroxylation sites is 1. The monoisotopic (exact) mass is 761 g/mol. The van der Waals surface area contributed by atoms with Crippen molar-refractivity contribution in [2.75, 3.05) is 83.9 Å². The zero-order valence-corrected chi connectivity index (χ0v) is 32.1. The Kier molecular flexibility index (Phi) is 14.4. The number of halogens is 2. The predicted octanol–water partition coefficient (Wildman–Crippen LogP) is 5.91. The van der Waals surface area contributed by atoms with Crippen LogP contribution in [0.5, 0.6) is 0 Å². The van der Waals surface area contributed by atoms with Crippen LogP contribution in [0.3, 0.4) is 0 Å². The van der Waals surface area contributed by atoms with E-state index in [-0.39, 0.29) is 23.8 Å². The van der Waals surface area contributed by atoms with Gasteiger partial charge in [0.25, 0.3) is 0 Å². The quantitative estimate of drug-likeness (QED) is 0.311. The molecule has 0 saturated carbocycles. The SMILES string of the molecule is O=C(C1CCNCC1)N1CCN(Cc2cccc(Cl)c2)CC1.O=C(Nc1ccccc1)N1CCC(C(=O)N2CCN(Cc3cccc(Cl)c3)CC2)CC1. The molecule has 3 aromatic rings. The molecule has 7 rings (SSSR count). The van der Waals surface area contributed by atoms with Gasteiger partial charge in [0.05, 0.1) is 0 Å². The number of anilines is 1. The molecule has 10 nitrogen and oxygen atoms in total. The molecule has 0 unspecified atom stereocenters. The first-order valence-electron chi connectivity index (χ1n) is 19.1.